The largest absolute Gasteiger partial charge is 0.338 e. The van der Waals surface area contributed by atoms with Gasteiger partial charge in [-0.1, -0.05) is 18.2 Å². The molecule has 3 aromatic heterocycles. The Balaban J connectivity index is 1.90. The maximum absolute atomic E-state index is 11.1. The van der Waals surface area contributed by atoms with Gasteiger partial charge in [-0.25, -0.2) is 4.98 Å². The molecule has 24 heavy (non-hydrogen) atoms. The topological polar surface area (TPSA) is 58.6 Å². The van der Waals surface area contributed by atoms with E-state index in [2.05, 4.69) is 21.0 Å². The van der Waals surface area contributed by atoms with Crippen molar-refractivity contribution in [1.82, 2.24) is 15.0 Å². The number of fused-ring (bicyclic) bond motifs is 3. The van der Waals surface area contributed by atoms with Crippen LogP contribution in [0.1, 0.15) is 16.1 Å². The summed E-state index contributed by atoms with van der Waals surface area (Å²) in [6.07, 6.45) is 2.75. The lowest BCUT2D eigenvalue weighted by atomic mass is 10.1. The number of aromatic amines is 1. The minimum absolute atomic E-state index is 0.681. The molecule has 114 valence electrons. The van der Waals surface area contributed by atoms with Crippen molar-refractivity contribution in [1.29, 1.82) is 0 Å². The van der Waals surface area contributed by atoms with Crippen molar-refractivity contribution in [2.45, 2.75) is 6.92 Å². The number of aldehydes is 1. The van der Waals surface area contributed by atoms with Crippen LogP contribution in [0.5, 0.6) is 0 Å². The molecule has 2 aromatic carbocycles. The van der Waals surface area contributed by atoms with Gasteiger partial charge in [-0.05, 0) is 47.3 Å². The fraction of sp³-hybridized carbons (Fsp3) is 0.0500. The number of benzene rings is 1. The van der Waals surface area contributed by atoms with E-state index < -0.39 is 0 Å². The van der Waals surface area contributed by atoms with Crippen molar-refractivity contribution >= 4 is 38.9 Å². The summed E-state index contributed by atoms with van der Waals surface area (Å²) in [4.78, 5) is 23.6. The molecular weight excluding hydrogens is 298 g/mol. The zero-order valence-corrected chi connectivity index (χ0v) is 13.0. The number of carbonyl (C=O) groups is 1. The first kappa shape index (κ1) is 13.2. The zero-order chi connectivity index (χ0) is 16.3. The number of aromatic nitrogens is 3. The number of carbonyl (C=O) groups excluding carboxylic acids is 1. The highest BCUT2D eigenvalue weighted by Gasteiger charge is 2.16. The van der Waals surface area contributed by atoms with Crippen molar-refractivity contribution in [2.75, 3.05) is 0 Å². The maximum Gasteiger partial charge on any atom is 0.150 e. The van der Waals surface area contributed by atoms with Crippen molar-refractivity contribution in [3.63, 3.8) is 0 Å². The molecule has 0 radical (unpaired) electrons. The van der Waals surface area contributed by atoms with E-state index >= 15 is 0 Å². The van der Waals surface area contributed by atoms with Gasteiger partial charge in [0.2, 0.25) is 0 Å². The third kappa shape index (κ3) is 1.71. The molecule has 0 saturated heterocycles. The van der Waals surface area contributed by atoms with Crippen molar-refractivity contribution in [3.8, 4) is 11.4 Å². The van der Waals surface area contributed by atoms with Crippen LogP contribution in [0, 0.1) is 6.92 Å². The summed E-state index contributed by atoms with van der Waals surface area (Å²) in [6.45, 7) is 1.98. The summed E-state index contributed by atoms with van der Waals surface area (Å²) >= 11 is 0. The van der Waals surface area contributed by atoms with E-state index in [0.29, 0.717) is 5.56 Å². The molecule has 0 amide bonds. The molecule has 0 aliphatic carbocycles. The summed E-state index contributed by atoms with van der Waals surface area (Å²) in [5.74, 6) is 0. The quantitative estimate of drug-likeness (QED) is 0.489. The lowest BCUT2D eigenvalue weighted by Crippen LogP contribution is -1.90. The summed E-state index contributed by atoms with van der Waals surface area (Å²) in [5, 5.41) is 5.55. The van der Waals surface area contributed by atoms with Crippen LogP contribution < -0.4 is 0 Å². The van der Waals surface area contributed by atoms with Crippen LogP contribution in [0.2, 0.25) is 0 Å². The first-order chi connectivity index (χ1) is 11.7. The van der Waals surface area contributed by atoms with E-state index in [1.807, 2.05) is 49.5 Å². The molecule has 0 fully saturated rings. The monoisotopic (exact) mass is 311 g/mol. The van der Waals surface area contributed by atoms with Crippen molar-refractivity contribution < 1.29 is 4.79 Å². The molecule has 0 aliphatic rings. The van der Waals surface area contributed by atoms with E-state index in [1.54, 1.807) is 0 Å². The Morgan fingerprint density at radius 3 is 2.75 bits per heavy atom. The van der Waals surface area contributed by atoms with Crippen LogP contribution in [0.4, 0.5) is 0 Å². The summed E-state index contributed by atoms with van der Waals surface area (Å²) in [7, 11) is 0. The Morgan fingerprint density at radius 2 is 1.92 bits per heavy atom. The number of aryl methyl sites for hydroxylation is 1. The highest BCUT2D eigenvalue weighted by atomic mass is 16.1. The Labute approximate surface area is 137 Å². The molecular formula is C20H13N3O. The SMILES string of the molecule is Cc1cccc(-c2cc3c4ccc(C=O)cc4c4cnc([nH]2)c43)n1. The molecule has 5 rings (SSSR count). The molecule has 1 N–H and O–H groups in total. The molecule has 3 heterocycles. The minimum Gasteiger partial charge on any atom is -0.338 e. The fourth-order valence-corrected chi connectivity index (χ4v) is 3.47. The number of H-pyrrole nitrogens is 1. The standard InChI is InChI=1S/C20H13N3O/c1-11-3-2-4-17(22-11)18-8-15-13-6-5-12(10-24)7-14(13)16-9-21-20(23-18)19(15)16/h2-10H,1H3,(H,21,23). The molecule has 5 aromatic rings. The highest BCUT2D eigenvalue weighted by Crippen LogP contribution is 2.39. The van der Waals surface area contributed by atoms with E-state index in [-0.39, 0.29) is 0 Å². The van der Waals surface area contributed by atoms with Crippen molar-refractivity contribution in [2.24, 2.45) is 0 Å². The Bertz CT molecular complexity index is 1240. The zero-order valence-electron chi connectivity index (χ0n) is 13.0. The predicted molar refractivity (Wildman–Crippen MR) is 95.6 cm³/mol. The molecule has 0 unspecified atom stereocenters. The van der Waals surface area contributed by atoms with Gasteiger partial charge in [0.25, 0.3) is 0 Å². The number of pyridine rings is 2. The summed E-state index contributed by atoms with van der Waals surface area (Å²) in [5.41, 5.74) is 4.35. The van der Waals surface area contributed by atoms with E-state index in [4.69, 9.17) is 0 Å². The van der Waals surface area contributed by atoms with E-state index in [1.165, 1.54) is 0 Å². The van der Waals surface area contributed by atoms with Gasteiger partial charge in [-0.15, -0.1) is 0 Å². The third-order valence-electron chi connectivity index (χ3n) is 4.56. The smallest absolute Gasteiger partial charge is 0.150 e. The molecule has 0 spiro atoms. The fourth-order valence-electron chi connectivity index (χ4n) is 3.47. The van der Waals surface area contributed by atoms with Crippen LogP contribution in [0.3, 0.4) is 0 Å². The van der Waals surface area contributed by atoms with Gasteiger partial charge in [-0.2, -0.15) is 0 Å². The third-order valence-corrected chi connectivity index (χ3v) is 4.56. The minimum atomic E-state index is 0.681. The molecule has 0 atom stereocenters. The second kappa shape index (κ2) is 4.61. The van der Waals surface area contributed by atoms with E-state index in [0.717, 1.165) is 55.9 Å². The Hall–Kier alpha value is -3.27. The second-order valence-electron chi connectivity index (χ2n) is 6.08. The normalized spacial score (nSPS) is 11.7. The van der Waals surface area contributed by atoms with Crippen LogP contribution in [0.15, 0.2) is 48.7 Å². The number of hydrogen-bond acceptors (Lipinski definition) is 3. The molecule has 0 aliphatic heterocycles. The lowest BCUT2D eigenvalue weighted by Gasteiger charge is -2.04. The Morgan fingerprint density at radius 1 is 1.00 bits per heavy atom. The second-order valence-corrected chi connectivity index (χ2v) is 6.08. The van der Waals surface area contributed by atoms with Crippen molar-refractivity contribution in [3.05, 3.63) is 59.9 Å². The lowest BCUT2D eigenvalue weighted by molar-refractivity contribution is 0.112. The number of nitrogens with one attached hydrogen (secondary N) is 1. The molecule has 4 heteroatoms. The van der Waals surface area contributed by atoms with Crippen LogP contribution in [0.25, 0.3) is 44.0 Å². The van der Waals surface area contributed by atoms with Gasteiger partial charge >= 0.3 is 0 Å². The average Bonchev–Trinajstić information content (AvgIpc) is 3.17. The number of rotatable bonds is 2. The van der Waals surface area contributed by atoms with Gasteiger partial charge in [-0.3, -0.25) is 9.78 Å². The van der Waals surface area contributed by atoms with Gasteiger partial charge in [0, 0.05) is 28.2 Å². The first-order valence-electron chi connectivity index (χ1n) is 7.80. The average molecular weight is 311 g/mol. The van der Waals surface area contributed by atoms with Gasteiger partial charge < -0.3 is 4.98 Å². The first-order valence-corrected chi connectivity index (χ1v) is 7.80. The summed E-state index contributed by atoms with van der Waals surface area (Å²) < 4.78 is 0. The molecule has 0 bridgehead atoms. The predicted octanol–water partition coefficient (Wildman–Crippen LogP) is 4.49. The van der Waals surface area contributed by atoms with E-state index in [9.17, 15) is 4.79 Å². The molecule has 4 nitrogen and oxygen atoms in total. The van der Waals surface area contributed by atoms with Crippen LogP contribution in [-0.4, -0.2) is 21.2 Å². The number of nitrogens with zero attached hydrogens (tertiary/aromatic N) is 2. The maximum atomic E-state index is 11.1. The number of hydrogen-bond donors (Lipinski definition) is 1. The van der Waals surface area contributed by atoms with Gasteiger partial charge in [0.15, 0.2) is 0 Å². The Kier molecular flexibility index (Phi) is 2.54. The molecule has 0 saturated carbocycles. The highest BCUT2D eigenvalue weighted by molar-refractivity contribution is 6.30. The van der Waals surface area contributed by atoms with Crippen LogP contribution in [-0.2, 0) is 0 Å². The van der Waals surface area contributed by atoms with Gasteiger partial charge in [0.1, 0.15) is 11.9 Å². The van der Waals surface area contributed by atoms with Gasteiger partial charge in [0.05, 0.1) is 11.4 Å². The summed E-state index contributed by atoms with van der Waals surface area (Å²) in [6, 6.07) is 13.9. The van der Waals surface area contributed by atoms with Crippen LogP contribution >= 0.6 is 0 Å².